The summed E-state index contributed by atoms with van der Waals surface area (Å²) in [7, 11) is 0. The van der Waals surface area contributed by atoms with Gasteiger partial charge in [-0.1, -0.05) is 12.1 Å². The van der Waals surface area contributed by atoms with E-state index in [9.17, 15) is 24.0 Å². The molecule has 3 aliphatic rings. The Hall–Kier alpha value is -4.66. The van der Waals surface area contributed by atoms with Crippen LogP contribution < -0.4 is 27.0 Å². The van der Waals surface area contributed by atoms with Gasteiger partial charge in [0.15, 0.2) is 0 Å². The first-order valence-corrected chi connectivity index (χ1v) is 18.0. The van der Waals surface area contributed by atoms with Crippen molar-refractivity contribution in [2.45, 2.75) is 122 Å². The van der Waals surface area contributed by atoms with Crippen LogP contribution in [0.1, 0.15) is 93.1 Å². The van der Waals surface area contributed by atoms with E-state index in [1.807, 2.05) is 45.0 Å². The number of benzene rings is 1. The van der Waals surface area contributed by atoms with Crippen LogP contribution in [0.3, 0.4) is 0 Å². The summed E-state index contributed by atoms with van der Waals surface area (Å²) in [6.07, 6.45) is 5.19. The Morgan fingerprint density at radius 2 is 1.33 bits per heavy atom. The summed E-state index contributed by atoms with van der Waals surface area (Å²) in [5, 5.41) is 12.2. The number of alkyl carbamates (subject to hydrolysis) is 2. The van der Waals surface area contributed by atoms with Crippen LogP contribution in [0.25, 0.3) is 5.69 Å². The van der Waals surface area contributed by atoms with Crippen molar-refractivity contribution in [2.24, 2.45) is 0 Å². The number of aromatic nitrogens is 2. The van der Waals surface area contributed by atoms with Crippen molar-refractivity contribution in [3.63, 3.8) is 0 Å². The van der Waals surface area contributed by atoms with Gasteiger partial charge in [0.2, 0.25) is 5.91 Å². The van der Waals surface area contributed by atoms with Gasteiger partial charge in [0.1, 0.15) is 22.6 Å². The molecule has 0 atom stereocenters. The van der Waals surface area contributed by atoms with Gasteiger partial charge in [0, 0.05) is 50.0 Å². The zero-order valence-corrected chi connectivity index (χ0v) is 31.7. The first-order valence-electron chi connectivity index (χ1n) is 18.0. The molecule has 284 valence electrons. The Kier molecular flexibility index (Phi) is 10.7. The van der Waals surface area contributed by atoms with E-state index >= 15 is 0 Å². The molecule has 1 aliphatic heterocycles. The van der Waals surface area contributed by atoms with Gasteiger partial charge < -0.3 is 35.2 Å². The van der Waals surface area contributed by atoms with E-state index in [-0.39, 0.29) is 55.1 Å². The number of urea groups is 1. The fourth-order valence-corrected chi connectivity index (χ4v) is 7.18. The van der Waals surface area contributed by atoms with Crippen LogP contribution in [0.2, 0.25) is 0 Å². The highest BCUT2D eigenvalue weighted by atomic mass is 16.6. The lowest BCUT2D eigenvalue weighted by atomic mass is 9.91. The molecule has 1 saturated heterocycles. The molecule has 1 aromatic heterocycles. The smallest absolute Gasteiger partial charge is 0.408 e. The third-order valence-corrected chi connectivity index (χ3v) is 9.73. The van der Waals surface area contributed by atoms with Crippen molar-refractivity contribution < 1.29 is 28.7 Å². The summed E-state index contributed by atoms with van der Waals surface area (Å²) in [4.78, 5) is 71.1. The van der Waals surface area contributed by atoms with E-state index in [1.54, 1.807) is 56.7 Å². The van der Waals surface area contributed by atoms with Gasteiger partial charge in [0.05, 0.1) is 5.69 Å². The summed E-state index contributed by atoms with van der Waals surface area (Å²) in [6, 6.07) is 8.79. The van der Waals surface area contributed by atoms with Crippen molar-refractivity contribution in [1.82, 2.24) is 35.3 Å². The molecule has 0 radical (unpaired) electrons. The summed E-state index contributed by atoms with van der Waals surface area (Å²) in [5.74, 6) is -0.158. The fourth-order valence-electron chi connectivity index (χ4n) is 7.18. The number of hydrogen-bond acceptors (Lipinski definition) is 9. The molecule has 15 heteroatoms. The largest absolute Gasteiger partial charge is 0.444 e. The lowest BCUT2D eigenvalue weighted by molar-refractivity contribution is -0.138. The summed E-state index contributed by atoms with van der Waals surface area (Å²) in [6.45, 7) is 15.8. The minimum absolute atomic E-state index is 0.0303. The number of nitrogens with one attached hydrogen (secondary N) is 4. The van der Waals surface area contributed by atoms with Gasteiger partial charge in [-0.05, 0) is 111 Å². The van der Waals surface area contributed by atoms with E-state index in [2.05, 4.69) is 26.3 Å². The molecule has 3 fully saturated rings. The topological polar surface area (TPSA) is 176 Å². The molecule has 2 aliphatic carbocycles. The molecule has 2 saturated carbocycles. The predicted octanol–water partition coefficient (Wildman–Crippen LogP) is 4.28. The lowest BCUT2D eigenvalue weighted by Crippen LogP contribution is -2.60. The van der Waals surface area contributed by atoms with E-state index in [0.717, 1.165) is 37.7 Å². The highest BCUT2D eigenvalue weighted by Crippen LogP contribution is 2.50. The Labute approximate surface area is 305 Å². The number of nitrogens with zero attached hydrogens (tertiary/aromatic N) is 4. The van der Waals surface area contributed by atoms with Crippen LogP contribution in [0, 0.1) is 0 Å². The third kappa shape index (κ3) is 9.60. The number of ether oxygens (including phenoxy) is 2. The van der Waals surface area contributed by atoms with Crippen LogP contribution in [0.15, 0.2) is 41.3 Å². The highest BCUT2D eigenvalue weighted by molar-refractivity contribution is 5.90. The Bertz CT molecular complexity index is 1710. The quantitative estimate of drug-likeness (QED) is 0.310. The van der Waals surface area contributed by atoms with Crippen LogP contribution in [-0.2, 0) is 20.8 Å². The van der Waals surface area contributed by atoms with E-state index in [0.29, 0.717) is 12.2 Å². The molecule has 2 bridgehead atoms. The van der Waals surface area contributed by atoms with Gasteiger partial charge in [-0.2, -0.15) is 4.98 Å². The van der Waals surface area contributed by atoms with Crippen molar-refractivity contribution in [1.29, 1.82) is 0 Å². The first kappa shape index (κ1) is 38.6. The maximum Gasteiger partial charge on any atom is 0.408 e. The standard InChI is InChI=1S/C37H54N8O7/c1-33(2,3)51-31(49)41-35(7,8)28(46)43-19-21-44(22-20-43)29(47)39-27-13-18-45(30(48)40-27)26-11-9-25(10-12-26)23-38-36-14-16-37(24-36,17-15-36)42-32(50)52-34(4,5)6/h9-13,18,38H,14-17,19-24H2,1-8H3,(H,41,49)(H,42,50)(H,39,40,47,48). The number of hydrogen-bond donors (Lipinski definition) is 4. The highest BCUT2D eigenvalue weighted by Gasteiger charge is 2.55. The fraction of sp³-hybridized carbons (Fsp3) is 0.622. The zero-order valence-electron chi connectivity index (χ0n) is 31.7. The van der Waals surface area contributed by atoms with Crippen molar-refractivity contribution in [2.75, 3.05) is 31.5 Å². The zero-order chi connectivity index (χ0) is 38.1. The van der Waals surface area contributed by atoms with Crippen molar-refractivity contribution in [3.05, 3.63) is 52.6 Å². The molecule has 4 N–H and O–H groups in total. The number of rotatable bonds is 8. The van der Waals surface area contributed by atoms with Crippen molar-refractivity contribution >= 4 is 29.9 Å². The molecule has 5 rings (SSSR count). The van der Waals surface area contributed by atoms with Crippen LogP contribution in [0.4, 0.5) is 20.2 Å². The van der Waals surface area contributed by atoms with Crippen LogP contribution in [-0.4, -0.2) is 97.5 Å². The molecule has 52 heavy (non-hydrogen) atoms. The molecule has 2 heterocycles. The normalized spacial score (nSPS) is 21.8. The maximum atomic E-state index is 13.2. The number of carbonyl (C=O) groups excluding carboxylic acids is 4. The molecular formula is C37H54N8O7. The molecule has 0 spiro atoms. The van der Waals surface area contributed by atoms with Gasteiger partial charge >= 0.3 is 23.9 Å². The predicted molar refractivity (Wildman–Crippen MR) is 195 cm³/mol. The molecule has 5 amide bonds. The minimum Gasteiger partial charge on any atom is -0.444 e. The average molecular weight is 723 g/mol. The van der Waals surface area contributed by atoms with Gasteiger partial charge in [-0.15, -0.1) is 0 Å². The third-order valence-electron chi connectivity index (χ3n) is 9.73. The number of fused-ring (bicyclic) bond motifs is 2. The summed E-state index contributed by atoms with van der Waals surface area (Å²) in [5.41, 5.74) is -1.51. The monoisotopic (exact) mass is 722 g/mol. The average Bonchev–Trinajstić information content (AvgIpc) is 3.57. The number of carbonyl (C=O) groups is 4. The van der Waals surface area contributed by atoms with E-state index in [1.165, 1.54) is 4.57 Å². The molecule has 0 unspecified atom stereocenters. The van der Waals surface area contributed by atoms with Gasteiger partial charge in [-0.3, -0.25) is 14.7 Å². The second-order valence-electron chi connectivity index (χ2n) is 16.8. The minimum atomic E-state index is -1.19. The van der Waals surface area contributed by atoms with Crippen LogP contribution >= 0.6 is 0 Å². The summed E-state index contributed by atoms with van der Waals surface area (Å²) < 4.78 is 12.2. The number of piperazine rings is 1. The lowest BCUT2D eigenvalue weighted by Gasteiger charge is -2.38. The molecule has 2 aromatic rings. The van der Waals surface area contributed by atoms with E-state index < -0.39 is 34.6 Å². The Morgan fingerprint density at radius 1 is 0.769 bits per heavy atom. The summed E-state index contributed by atoms with van der Waals surface area (Å²) >= 11 is 0. The SMILES string of the molecule is CC(C)(C)OC(=O)NC12CCC(NCc3ccc(-n4ccc(NC(=O)N5CCN(C(=O)C(C)(C)NC(=O)OC(C)(C)C)CC5)nc4=O)cc3)(CC1)C2. The maximum absolute atomic E-state index is 13.2. The van der Waals surface area contributed by atoms with Crippen LogP contribution in [0.5, 0.6) is 0 Å². The molecular weight excluding hydrogens is 668 g/mol. The second-order valence-corrected chi connectivity index (χ2v) is 16.8. The van der Waals surface area contributed by atoms with Gasteiger partial charge in [0.25, 0.3) is 0 Å². The van der Waals surface area contributed by atoms with Gasteiger partial charge in [-0.25, -0.2) is 19.2 Å². The number of anilines is 1. The first-order chi connectivity index (χ1) is 24.2. The molecule has 15 nitrogen and oxygen atoms in total. The Balaban J connectivity index is 1.09. The molecule has 1 aromatic carbocycles. The number of amides is 5. The second kappa shape index (κ2) is 14.4. The van der Waals surface area contributed by atoms with Crippen molar-refractivity contribution in [3.8, 4) is 5.69 Å². The van der Waals surface area contributed by atoms with E-state index in [4.69, 9.17) is 9.47 Å². The Morgan fingerprint density at radius 3 is 1.90 bits per heavy atom.